The van der Waals surface area contributed by atoms with E-state index in [1.54, 1.807) is 6.20 Å². The molecular weight excluding hydrogens is 458 g/mol. The third-order valence-corrected chi connectivity index (χ3v) is 6.97. The van der Waals surface area contributed by atoms with Crippen molar-refractivity contribution in [2.45, 2.75) is 78.4 Å². The van der Waals surface area contributed by atoms with E-state index < -0.39 is 5.79 Å². The molecule has 1 saturated carbocycles. The Bertz CT molecular complexity index is 1240. The highest BCUT2D eigenvalue weighted by molar-refractivity contribution is 5.86. The summed E-state index contributed by atoms with van der Waals surface area (Å²) >= 11 is 0. The number of aromatic nitrogens is 3. The number of aliphatic hydroxyl groups is 1. The standard InChI is InChI=1S/C27H37N5O4/c1-7-18-8-16-10-20(34-21(16)12-28-18)22-15(4)30-26(29-11-14(2)3)32-25(22)31-19-9-17(13-33)23-24(19)36-27(5,6)35-23/h8,10,12,14,17,19,23-24,33H,7,9,11,13H2,1-6H3,(H2,29,30,31,32)/t17-,19-,23-,24+/m1/s1. The van der Waals surface area contributed by atoms with Crippen molar-refractivity contribution in [3.63, 3.8) is 0 Å². The minimum Gasteiger partial charge on any atom is -0.454 e. The molecule has 3 N–H and O–H groups in total. The Balaban J connectivity index is 1.54. The molecule has 0 amide bonds. The van der Waals surface area contributed by atoms with Gasteiger partial charge in [-0.15, -0.1) is 0 Å². The van der Waals surface area contributed by atoms with Gasteiger partial charge < -0.3 is 29.6 Å². The average molecular weight is 496 g/mol. The van der Waals surface area contributed by atoms with Crippen LogP contribution in [0.15, 0.2) is 22.7 Å². The summed E-state index contributed by atoms with van der Waals surface area (Å²) in [6.45, 7) is 13.0. The molecule has 3 aromatic heterocycles. The predicted octanol–water partition coefficient (Wildman–Crippen LogP) is 4.54. The van der Waals surface area contributed by atoms with Gasteiger partial charge in [0, 0.05) is 30.1 Å². The van der Waals surface area contributed by atoms with E-state index in [9.17, 15) is 5.11 Å². The quantitative estimate of drug-likeness (QED) is 0.414. The molecule has 2 fully saturated rings. The van der Waals surface area contributed by atoms with Crippen LogP contribution in [0, 0.1) is 18.8 Å². The number of pyridine rings is 1. The van der Waals surface area contributed by atoms with E-state index in [0.717, 1.165) is 40.9 Å². The second-order valence-electron chi connectivity index (χ2n) is 10.8. The molecule has 0 unspecified atom stereocenters. The maximum atomic E-state index is 10.0. The van der Waals surface area contributed by atoms with Gasteiger partial charge in [-0.3, -0.25) is 4.98 Å². The molecule has 4 heterocycles. The van der Waals surface area contributed by atoms with E-state index >= 15 is 0 Å². The van der Waals surface area contributed by atoms with Gasteiger partial charge in [0.2, 0.25) is 5.95 Å². The maximum absolute atomic E-state index is 10.0. The van der Waals surface area contributed by atoms with Crippen molar-refractivity contribution in [1.29, 1.82) is 0 Å². The first-order valence-electron chi connectivity index (χ1n) is 12.9. The molecule has 0 bridgehead atoms. The number of hydrogen-bond donors (Lipinski definition) is 3. The Kier molecular flexibility index (Phi) is 6.65. The highest BCUT2D eigenvalue weighted by Gasteiger charge is 2.54. The fraction of sp³-hybridized carbons (Fsp3) is 0.593. The molecule has 1 saturated heterocycles. The average Bonchev–Trinajstić information content (AvgIpc) is 3.47. The van der Waals surface area contributed by atoms with Crippen LogP contribution in [0.4, 0.5) is 11.8 Å². The zero-order valence-electron chi connectivity index (χ0n) is 22.0. The van der Waals surface area contributed by atoms with Crippen molar-refractivity contribution in [3.8, 4) is 11.3 Å². The summed E-state index contributed by atoms with van der Waals surface area (Å²) in [5, 5.41) is 18.0. The Hall–Kier alpha value is -2.75. The van der Waals surface area contributed by atoms with Crippen molar-refractivity contribution < 1.29 is 19.0 Å². The van der Waals surface area contributed by atoms with Gasteiger partial charge in [0.15, 0.2) is 11.4 Å². The van der Waals surface area contributed by atoms with Crippen LogP contribution in [-0.2, 0) is 15.9 Å². The van der Waals surface area contributed by atoms with E-state index in [-0.39, 0.29) is 30.8 Å². The monoisotopic (exact) mass is 495 g/mol. The number of ether oxygens (including phenoxy) is 2. The highest BCUT2D eigenvalue weighted by Crippen LogP contribution is 2.43. The minimum atomic E-state index is -0.694. The number of hydrogen-bond acceptors (Lipinski definition) is 9. The van der Waals surface area contributed by atoms with Crippen LogP contribution in [-0.4, -0.2) is 57.2 Å². The van der Waals surface area contributed by atoms with Crippen LogP contribution >= 0.6 is 0 Å². The van der Waals surface area contributed by atoms with Crippen LogP contribution in [0.5, 0.6) is 0 Å². The fourth-order valence-corrected chi connectivity index (χ4v) is 5.24. The molecular formula is C27H37N5O4. The third-order valence-electron chi connectivity index (χ3n) is 6.97. The van der Waals surface area contributed by atoms with E-state index in [4.69, 9.17) is 23.9 Å². The predicted molar refractivity (Wildman–Crippen MR) is 139 cm³/mol. The zero-order chi connectivity index (χ0) is 25.6. The molecule has 1 aliphatic carbocycles. The summed E-state index contributed by atoms with van der Waals surface area (Å²) in [6.07, 6.45) is 2.98. The van der Waals surface area contributed by atoms with Gasteiger partial charge in [-0.1, -0.05) is 20.8 Å². The van der Waals surface area contributed by atoms with Gasteiger partial charge in [-0.2, -0.15) is 4.98 Å². The zero-order valence-corrected chi connectivity index (χ0v) is 22.0. The van der Waals surface area contributed by atoms with Gasteiger partial charge in [0.05, 0.1) is 29.6 Å². The number of nitrogens with zero attached hydrogens (tertiary/aromatic N) is 3. The van der Waals surface area contributed by atoms with E-state index in [2.05, 4.69) is 42.5 Å². The van der Waals surface area contributed by atoms with Gasteiger partial charge in [0.25, 0.3) is 0 Å². The Morgan fingerprint density at radius 1 is 1.17 bits per heavy atom. The van der Waals surface area contributed by atoms with E-state index in [1.165, 1.54) is 0 Å². The first-order chi connectivity index (χ1) is 17.2. The molecule has 36 heavy (non-hydrogen) atoms. The van der Waals surface area contributed by atoms with E-state index in [1.807, 2.05) is 26.8 Å². The molecule has 3 aromatic rings. The van der Waals surface area contributed by atoms with Crippen LogP contribution in [0.25, 0.3) is 22.3 Å². The molecule has 1 aliphatic heterocycles. The first kappa shape index (κ1) is 24.9. The summed E-state index contributed by atoms with van der Waals surface area (Å²) in [4.78, 5) is 14.1. The first-order valence-corrected chi connectivity index (χ1v) is 12.9. The van der Waals surface area contributed by atoms with Gasteiger partial charge in [-0.25, -0.2) is 4.98 Å². The molecule has 2 aliphatic rings. The van der Waals surface area contributed by atoms with Crippen LogP contribution in [0.2, 0.25) is 0 Å². The lowest BCUT2D eigenvalue weighted by molar-refractivity contribution is -0.158. The molecule has 194 valence electrons. The van der Waals surface area contributed by atoms with Crippen molar-refractivity contribution in [1.82, 2.24) is 15.0 Å². The van der Waals surface area contributed by atoms with Gasteiger partial charge in [0.1, 0.15) is 17.7 Å². The smallest absolute Gasteiger partial charge is 0.224 e. The number of anilines is 2. The fourth-order valence-electron chi connectivity index (χ4n) is 5.24. The second-order valence-corrected chi connectivity index (χ2v) is 10.8. The number of aryl methyl sites for hydroxylation is 2. The number of fused-ring (bicyclic) bond motifs is 2. The van der Waals surface area contributed by atoms with Crippen molar-refractivity contribution in [3.05, 3.63) is 29.7 Å². The lowest BCUT2D eigenvalue weighted by atomic mass is 10.1. The topological polar surface area (TPSA) is 115 Å². The van der Waals surface area contributed by atoms with Gasteiger partial charge in [-0.05, 0) is 51.7 Å². The number of furan rings is 1. The van der Waals surface area contributed by atoms with Crippen molar-refractivity contribution in [2.24, 2.45) is 11.8 Å². The molecule has 0 spiro atoms. The van der Waals surface area contributed by atoms with Crippen LogP contribution < -0.4 is 10.6 Å². The van der Waals surface area contributed by atoms with E-state index in [0.29, 0.717) is 29.9 Å². The summed E-state index contributed by atoms with van der Waals surface area (Å²) in [6, 6.07) is 4.00. The Morgan fingerprint density at radius 2 is 1.94 bits per heavy atom. The Morgan fingerprint density at radius 3 is 2.67 bits per heavy atom. The number of nitrogens with one attached hydrogen (secondary N) is 2. The summed E-state index contributed by atoms with van der Waals surface area (Å²) in [7, 11) is 0. The highest BCUT2D eigenvalue weighted by atomic mass is 16.8. The molecule has 0 aromatic carbocycles. The number of aliphatic hydroxyl groups excluding tert-OH is 1. The molecule has 9 heteroatoms. The lowest BCUT2D eigenvalue weighted by Gasteiger charge is -2.25. The lowest BCUT2D eigenvalue weighted by Crippen LogP contribution is -2.35. The summed E-state index contributed by atoms with van der Waals surface area (Å²) < 4.78 is 18.6. The molecule has 4 atom stereocenters. The third kappa shape index (κ3) is 4.79. The van der Waals surface area contributed by atoms with Crippen LogP contribution in [0.3, 0.4) is 0 Å². The summed E-state index contributed by atoms with van der Waals surface area (Å²) in [5.74, 6) is 1.67. The van der Waals surface area contributed by atoms with Crippen molar-refractivity contribution in [2.75, 3.05) is 23.8 Å². The second kappa shape index (κ2) is 9.61. The molecule has 9 nitrogen and oxygen atoms in total. The normalized spacial score (nSPS) is 25.0. The SMILES string of the molecule is CCc1cc2cc(-c3c(C)nc(NCC(C)C)nc3N[C@@H]3C[C@H](CO)[C@H]4OC(C)(C)O[C@H]43)oc2cn1. The molecule has 0 radical (unpaired) electrons. The Labute approximate surface area is 212 Å². The van der Waals surface area contributed by atoms with Crippen molar-refractivity contribution >= 4 is 22.7 Å². The van der Waals surface area contributed by atoms with Gasteiger partial charge >= 0.3 is 0 Å². The largest absolute Gasteiger partial charge is 0.454 e. The van der Waals surface area contributed by atoms with Crippen LogP contribution in [0.1, 0.15) is 52.4 Å². The minimum absolute atomic E-state index is 0.0102. The maximum Gasteiger partial charge on any atom is 0.224 e. The molecule has 5 rings (SSSR count). The number of rotatable bonds is 8. The summed E-state index contributed by atoms with van der Waals surface area (Å²) in [5.41, 5.74) is 3.35.